The third kappa shape index (κ3) is 3.65. The summed E-state index contributed by atoms with van der Waals surface area (Å²) in [6, 6.07) is 16.7. The van der Waals surface area contributed by atoms with E-state index in [0.717, 1.165) is 16.9 Å². The molecule has 0 saturated carbocycles. The summed E-state index contributed by atoms with van der Waals surface area (Å²) in [5.74, 6) is 0.539. The van der Waals surface area contributed by atoms with Gasteiger partial charge in [-0.15, -0.1) is 0 Å². The van der Waals surface area contributed by atoms with Crippen LogP contribution in [0, 0.1) is 0 Å². The van der Waals surface area contributed by atoms with Crippen LogP contribution in [0.3, 0.4) is 0 Å². The molecule has 1 aliphatic rings. The predicted molar refractivity (Wildman–Crippen MR) is 93.4 cm³/mol. The molecule has 3 rings (SSSR count). The quantitative estimate of drug-likeness (QED) is 0.829. The van der Waals surface area contributed by atoms with Gasteiger partial charge in [0.05, 0.1) is 7.11 Å². The Labute approximate surface area is 147 Å². The van der Waals surface area contributed by atoms with Gasteiger partial charge in [0, 0.05) is 6.42 Å². The van der Waals surface area contributed by atoms with Gasteiger partial charge in [-0.1, -0.05) is 49.4 Å². The number of nitrogens with zero attached hydrogens (tertiary/aromatic N) is 1. The van der Waals surface area contributed by atoms with Crippen LogP contribution in [0.2, 0.25) is 0 Å². The van der Waals surface area contributed by atoms with Crippen LogP contribution < -0.4 is 4.74 Å². The summed E-state index contributed by atoms with van der Waals surface area (Å²) in [5, 5.41) is 0. The van der Waals surface area contributed by atoms with Crippen molar-refractivity contribution in [1.82, 2.24) is 4.90 Å². The van der Waals surface area contributed by atoms with Gasteiger partial charge in [-0.2, -0.15) is 0 Å². The minimum atomic E-state index is -0.569. The summed E-state index contributed by atoms with van der Waals surface area (Å²) in [7, 11) is 1.62. The second-order valence-electron chi connectivity index (χ2n) is 6.15. The summed E-state index contributed by atoms with van der Waals surface area (Å²) in [4.78, 5) is 26.1. The summed E-state index contributed by atoms with van der Waals surface area (Å²) in [6.07, 6.45) is -0.328. The lowest BCUT2D eigenvalue weighted by atomic mass is 9.96. The highest BCUT2D eigenvalue weighted by Crippen LogP contribution is 2.30. The van der Waals surface area contributed by atoms with E-state index >= 15 is 0 Å². The van der Waals surface area contributed by atoms with Crippen LogP contribution in [-0.4, -0.2) is 30.6 Å². The number of cyclic esters (lactones) is 1. The van der Waals surface area contributed by atoms with Gasteiger partial charge >= 0.3 is 6.09 Å². The van der Waals surface area contributed by atoms with Crippen molar-refractivity contribution in [2.24, 2.45) is 0 Å². The van der Waals surface area contributed by atoms with Crippen LogP contribution >= 0.6 is 0 Å². The van der Waals surface area contributed by atoms with E-state index in [4.69, 9.17) is 9.47 Å². The lowest BCUT2D eigenvalue weighted by Crippen LogP contribution is -2.34. The second kappa shape index (κ2) is 7.38. The van der Waals surface area contributed by atoms with Crippen LogP contribution in [0.4, 0.5) is 4.79 Å². The zero-order valence-electron chi connectivity index (χ0n) is 14.3. The normalized spacial score (nSPS) is 17.9. The van der Waals surface area contributed by atoms with E-state index < -0.39 is 6.09 Å². The topological polar surface area (TPSA) is 55.8 Å². The molecule has 2 aromatic rings. The van der Waals surface area contributed by atoms with Crippen LogP contribution in [0.1, 0.15) is 36.4 Å². The standard InChI is InChI=1S/C20H21NO4/c1-14(15-8-10-17(24-2)11-9-15)12-19(22)21-18(13-25-20(21)23)16-6-4-3-5-7-16/h3-11,14,18H,12-13H2,1-2H3/t14-,18-/m1/s1. The van der Waals surface area contributed by atoms with Crippen molar-refractivity contribution in [3.05, 3.63) is 65.7 Å². The van der Waals surface area contributed by atoms with Crippen LogP contribution in [0.5, 0.6) is 5.75 Å². The van der Waals surface area contributed by atoms with Crippen LogP contribution in [-0.2, 0) is 9.53 Å². The van der Waals surface area contributed by atoms with E-state index in [-0.39, 0.29) is 30.9 Å². The Morgan fingerprint density at radius 3 is 2.52 bits per heavy atom. The molecule has 5 nitrogen and oxygen atoms in total. The molecular weight excluding hydrogens is 318 g/mol. The SMILES string of the molecule is COc1ccc([C@H](C)CC(=O)N2C(=O)OC[C@@H]2c2ccccc2)cc1. The zero-order chi connectivity index (χ0) is 17.8. The highest BCUT2D eigenvalue weighted by atomic mass is 16.6. The first kappa shape index (κ1) is 17.0. The number of benzene rings is 2. The predicted octanol–water partition coefficient (Wildman–Crippen LogP) is 3.91. The largest absolute Gasteiger partial charge is 0.497 e. The fraction of sp³-hybridized carbons (Fsp3) is 0.300. The molecule has 25 heavy (non-hydrogen) atoms. The van der Waals surface area contributed by atoms with Gasteiger partial charge in [0.15, 0.2) is 0 Å². The first-order chi connectivity index (χ1) is 12.1. The molecule has 1 fully saturated rings. The van der Waals surface area contributed by atoms with Gasteiger partial charge < -0.3 is 9.47 Å². The molecule has 2 atom stereocenters. The number of amides is 2. The highest BCUT2D eigenvalue weighted by Gasteiger charge is 2.39. The Kier molecular flexibility index (Phi) is 5.03. The maximum atomic E-state index is 12.7. The molecule has 0 aliphatic carbocycles. The maximum absolute atomic E-state index is 12.7. The summed E-state index contributed by atoms with van der Waals surface area (Å²) >= 11 is 0. The van der Waals surface area contributed by atoms with E-state index in [0.29, 0.717) is 0 Å². The first-order valence-electron chi connectivity index (χ1n) is 8.28. The number of carbonyl (C=O) groups excluding carboxylic acids is 2. The number of hydrogen-bond donors (Lipinski definition) is 0. The van der Waals surface area contributed by atoms with Crippen molar-refractivity contribution in [2.75, 3.05) is 13.7 Å². The smallest absolute Gasteiger partial charge is 0.417 e. The lowest BCUT2D eigenvalue weighted by molar-refractivity contribution is -0.129. The number of ether oxygens (including phenoxy) is 2. The number of hydrogen-bond acceptors (Lipinski definition) is 4. The van der Waals surface area contributed by atoms with Gasteiger partial charge in [0.2, 0.25) is 5.91 Å². The van der Waals surface area contributed by atoms with Crippen molar-refractivity contribution in [3.63, 3.8) is 0 Å². The van der Waals surface area contributed by atoms with Crippen LogP contribution in [0.25, 0.3) is 0 Å². The minimum absolute atomic E-state index is 0.0109. The molecule has 2 amide bonds. The Hall–Kier alpha value is -2.82. The Balaban J connectivity index is 1.73. The van der Waals surface area contributed by atoms with Gasteiger partial charge in [0.1, 0.15) is 18.4 Å². The zero-order valence-corrected chi connectivity index (χ0v) is 14.3. The number of carbonyl (C=O) groups is 2. The average Bonchev–Trinajstić information content (AvgIpc) is 3.04. The van der Waals surface area contributed by atoms with Gasteiger partial charge in [0.25, 0.3) is 0 Å². The molecule has 130 valence electrons. The lowest BCUT2D eigenvalue weighted by Gasteiger charge is -2.22. The molecule has 2 aromatic carbocycles. The summed E-state index contributed by atoms with van der Waals surface area (Å²) in [5.41, 5.74) is 1.93. The van der Waals surface area contributed by atoms with E-state index in [1.807, 2.05) is 61.5 Å². The highest BCUT2D eigenvalue weighted by molar-refractivity contribution is 5.94. The van der Waals surface area contributed by atoms with Crippen LogP contribution in [0.15, 0.2) is 54.6 Å². The number of methoxy groups -OCH3 is 1. The van der Waals surface area contributed by atoms with Crippen molar-refractivity contribution in [1.29, 1.82) is 0 Å². The molecule has 1 heterocycles. The fourth-order valence-electron chi connectivity index (χ4n) is 3.03. The molecule has 0 aromatic heterocycles. The van der Waals surface area contributed by atoms with Gasteiger partial charge in [-0.25, -0.2) is 9.69 Å². The van der Waals surface area contributed by atoms with E-state index in [9.17, 15) is 9.59 Å². The molecule has 0 unspecified atom stereocenters. The molecule has 1 saturated heterocycles. The Bertz CT molecular complexity index is 742. The molecule has 0 spiro atoms. The molecule has 0 radical (unpaired) electrons. The monoisotopic (exact) mass is 339 g/mol. The van der Waals surface area contributed by atoms with Crippen molar-refractivity contribution >= 4 is 12.0 Å². The Morgan fingerprint density at radius 2 is 1.88 bits per heavy atom. The van der Waals surface area contributed by atoms with Crippen molar-refractivity contribution < 1.29 is 19.1 Å². The average molecular weight is 339 g/mol. The number of rotatable bonds is 5. The van der Waals surface area contributed by atoms with E-state index in [1.165, 1.54) is 4.90 Å². The molecular formula is C20H21NO4. The van der Waals surface area contributed by atoms with E-state index in [2.05, 4.69) is 0 Å². The minimum Gasteiger partial charge on any atom is -0.497 e. The summed E-state index contributed by atoms with van der Waals surface area (Å²) < 4.78 is 10.3. The molecule has 0 N–H and O–H groups in total. The van der Waals surface area contributed by atoms with E-state index in [1.54, 1.807) is 7.11 Å². The summed E-state index contributed by atoms with van der Waals surface area (Å²) in [6.45, 7) is 2.17. The third-order valence-corrected chi connectivity index (χ3v) is 4.49. The Morgan fingerprint density at radius 1 is 1.20 bits per heavy atom. The molecule has 0 bridgehead atoms. The fourth-order valence-corrected chi connectivity index (χ4v) is 3.03. The second-order valence-corrected chi connectivity index (χ2v) is 6.15. The van der Waals surface area contributed by atoms with Crippen molar-refractivity contribution in [2.45, 2.75) is 25.3 Å². The maximum Gasteiger partial charge on any atom is 0.417 e. The van der Waals surface area contributed by atoms with Gasteiger partial charge in [-0.05, 0) is 29.2 Å². The third-order valence-electron chi connectivity index (χ3n) is 4.49. The number of imide groups is 1. The first-order valence-corrected chi connectivity index (χ1v) is 8.28. The molecule has 5 heteroatoms. The molecule has 1 aliphatic heterocycles. The van der Waals surface area contributed by atoms with Gasteiger partial charge in [-0.3, -0.25) is 4.79 Å². The van der Waals surface area contributed by atoms with Crippen molar-refractivity contribution in [3.8, 4) is 5.75 Å².